The first-order valence-corrected chi connectivity index (χ1v) is 11.2. The monoisotopic (exact) mass is 364 g/mol. The zero-order valence-corrected chi connectivity index (χ0v) is 17.7. The minimum atomic E-state index is -0.0402. The number of allylic oxidation sites excluding steroid dienone is 1. The van der Waals surface area contributed by atoms with E-state index in [1.807, 2.05) is 13.8 Å². The minimum absolute atomic E-state index is 0.0402. The average molecular weight is 365 g/mol. The maximum absolute atomic E-state index is 9.57. The van der Waals surface area contributed by atoms with Gasteiger partial charge in [-0.15, -0.1) is 13.2 Å². The molecule has 2 saturated carbocycles. The topological polar surface area (TPSA) is 29.5 Å². The van der Waals surface area contributed by atoms with Crippen LogP contribution in [-0.2, 0) is 4.74 Å². The number of hydrogen-bond donors (Lipinski definition) is 1. The summed E-state index contributed by atoms with van der Waals surface area (Å²) in [6.07, 6.45) is 17.8. The van der Waals surface area contributed by atoms with E-state index in [1.54, 1.807) is 0 Å². The largest absolute Gasteiger partial charge is 0.393 e. The van der Waals surface area contributed by atoms with E-state index in [0.29, 0.717) is 17.9 Å². The number of aliphatic hydroxyl groups excluding tert-OH is 1. The van der Waals surface area contributed by atoms with Crippen molar-refractivity contribution in [3.63, 3.8) is 0 Å². The predicted molar refractivity (Wildman–Crippen MR) is 113 cm³/mol. The molecule has 152 valence electrons. The number of aliphatic hydroxyl groups is 1. The average Bonchev–Trinajstić information content (AvgIpc) is 2.72. The molecule has 0 aromatic carbocycles. The van der Waals surface area contributed by atoms with Crippen molar-refractivity contribution in [2.45, 2.75) is 97.2 Å². The van der Waals surface area contributed by atoms with Gasteiger partial charge in [0, 0.05) is 5.92 Å². The molecule has 0 bridgehead atoms. The van der Waals surface area contributed by atoms with E-state index in [2.05, 4.69) is 32.2 Å². The van der Waals surface area contributed by atoms with E-state index in [0.717, 1.165) is 44.1 Å². The third-order valence-electron chi connectivity index (χ3n) is 6.33. The molecule has 0 radical (unpaired) electrons. The van der Waals surface area contributed by atoms with Gasteiger partial charge in [0.1, 0.15) is 0 Å². The van der Waals surface area contributed by atoms with Crippen molar-refractivity contribution < 1.29 is 9.84 Å². The Labute approximate surface area is 163 Å². The molecule has 1 saturated heterocycles. The van der Waals surface area contributed by atoms with Crippen LogP contribution in [0.3, 0.4) is 0 Å². The fraction of sp³-hybridized carbons (Fsp3) is 0.833. The van der Waals surface area contributed by atoms with Gasteiger partial charge < -0.3 is 9.84 Å². The van der Waals surface area contributed by atoms with E-state index in [-0.39, 0.29) is 6.10 Å². The summed E-state index contributed by atoms with van der Waals surface area (Å²) >= 11 is 0. The summed E-state index contributed by atoms with van der Waals surface area (Å²) in [7, 11) is 0. The third kappa shape index (κ3) is 7.96. The summed E-state index contributed by atoms with van der Waals surface area (Å²) in [5, 5.41) is 9.57. The molecule has 1 aliphatic heterocycles. The molecular formula is C24H44O2. The van der Waals surface area contributed by atoms with Crippen LogP contribution in [0.15, 0.2) is 25.3 Å². The number of ether oxygens (including phenoxy) is 1. The van der Waals surface area contributed by atoms with Crippen LogP contribution in [0.1, 0.15) is 85.0 Å². The molecule has 3 rings (SSSR count). The van der Waals surface area contributed by atoms with Gasteiger partial charge in [0.15, 0.2) is 0 Å². The maximum atomic E-state index is 9.57. The first-order valence-electron chi connectivity index (χ1n) is 11.2. The molecule has 26 heavy (non-hydrogen) atoms. The smallest absolute Gasteiger partial charge is 0.0603 e. The molecule has 1 heterocycles. The van der Waals surface area contributed by atoms with Crippen LogP contribution in [0.2, 0.25) is 0 Å². The third-order valence-corrected chi connectivity index (χ3v) is 6.33. The summed E-state index contributed by atoms with van der Waals surface area (Å²) in [4.78, 5) is 0. The van der Waals surface area contributed by atoms with Crippen LogP contribution in [0, 0.1) is 23.7 Å². The Morgan fingerprint density at radius 3 is 1.85 bits per heavy atom. The lowest BCUT2D eigenvalue weighted by Gasteiger charge is -2.36. The summed E-state index contributed by atoms with van der Waals surface area (Å²) in [6.45, 7) is 13.3. The molecule has 2 unspecified atom stereocenters. The Hall–Kier alpha value is -0.600. The number of hydrogen-bond acceptors (Lipinski definition) is 2. The van der Waals surface area contributed by atoms with Crippen molar-refractivity contribution >= 4 is 0 Å². The summed E-state index contributed by atoms with van der Waals surface area (Å²) in [5.74, 6) is 3.09. The van der Waals surface area contributed by atoms with Crippen LogP contribution < -0.4 is 0 Å². The lowest BCUT2D eigenvalue weighted by atomic mass is 9.78. The fourth-order valence-electron chi connectivity index (χ4n) is 4.58. The van der Waals surface area contributed by atoms with Gasteiger partial charge in [-0.3, -0.25) is 0 Å². The molecule has 3 fully saturated rings. The Morgan fingerprint density at radius 2 is 1.31 bits per heavy atom. The van der Waals surface area contributed by atoms with Crippen molar-refractivity contribution in [1.82, 2.24) is 0 Å². The van der Waals surface area contributed by atoms with Crippen LogP contribution in [-0.4, -0.2) is 23.9 Å². The molecular weight excluding hydrogens is 320 g/mol. The van der Waals surface area contributed by atoms with Crippen LogP contribution in [0.25, 0.3) is 0 Å². The van der Waals surface area contributed by atoms with Crippen molar-refractivity contribution in [2.75, 3.05) is 6.61 Å². The van der Waals surface area contributed by atoms with E-state index in [1.165, 1.54) is 38.5 Å². The molecule has 2 heteroatoms. The molecule has 2 aliphatic carbocycles. The van der Waals surface area contributed by atoms with Gasteiger partial charge in [-0.2, -0.15) is 0 Å². The first-order chi connectivity index (χ1) is 12.7. The standard InChI is InChI=1S/C20H34O2.C2H6.C2H4/c1-15-2-9-18(10-3-15)20-13-8-17(14-22-20)5-4-16-6-11-19(21)12-7-16;2*1-2/h4-5,15-21H,2-3,6-14H2,1H3;1-2H3;1-2H2/b5-4+;;. The molecule has 0 amide bonds. The van der Waals surface area contributed by atoms with Crippen molar-refractivity contribution in [2.24, 2.45) is 23.7 Å². The zero-order valence-electron chi connectivity index (χ0n) is 17.7. The fourth-order valence-corrected chi connectivity index (χ4v) is 4.58. The zero-order chi connectivity index (χ0) is 19.4. The molecule has 2 nitrogen and oxygen atoms in total. The van der Waals surface area contributed by atoms with Crippen LogP contribution in [0.5, 0.6) is 0 Å². The second-order valence-corrected chi connectivity index (χ2v) is 8.18. The Bertz CT molecular complexity index is 354. The Kier molecular flexibility index (Phi) is 12.2. The quantitative estimate of drug-likeness (QED) is 0.576. The van der Waals surface area contributed by atoms with Crippen molar-refractivity contribution in [1.29, 1.82) is 0 Å². The molecule has 1 N–H and O–H groups in total. The SMILES string of the molecule is C=C.CC.CC1CCC(C2CCC(/C=C/C3CCC(O)CC3)CO2)CC1. The highest BCUT2D eigenvalue weighted by Gasteiger charge is 2.30. The van der Waals surface area contributed by atoms with E-state index >= 15 is 0 Å². The lowest BCUT2D eigenvalue weighted by molar-refractivity contribution is -0.0486. The van der Waals surface area contributed by atoms with Gasteiger partial charge in [0.25, 0.3) is 0 Å². The summed E-state index contributed by atoms with van der Waals surface area (Å²) in [6, 6.07) is 0. The summed E-state index contributed by atoms with van der Waals surface area (Å²) < 4.78 is 6.23. The molecule has 2 atom stereocenters. The van der Waals surface area contributed by atoms with Crippen LogP contribution >= 0.6 is 0 Å². The van der Waals surface area contributed by atoms with E-state index in [9.17, 15) is 5.11 Å². The molecule has 0 aromatic heterocycles. The van der Waals surface area contributed by atoms with Gasteiger partial charge in [0.05, 0.1) is 18.8 Å². The second kappa shape index (κ2) is 13.6. The molecule has 0 spiro atoms. The molecule has 0 aromatic rings. The molecule has 3 aliphatic rings. The van der Waals surface area contributed by atoms with Gasteiger partial charge in [0.2, 0.25) is 0 Å². The minimum Gasteiger partial charge on any atom is -0.393 e. The maximum Gasteiger partial charge on any atom is 0.0603 e. The predicted octanol–water partition coefficient (Wildman–Crippen LogP) is 6.54. The Balaban J connectivity index is 0.000000791. The van der Waals surface area contributed by atoms with Crippen LogP contribution in [0.4, 0.5) is 0 Å². The van der Waals surface area contributed by atoms with Crippen molar-refractivity contribution in [3.05, 3.63) is 25.3 Å². The van der Waals surface area contributed by atoms with Gasteiger partial charge in [-0.05, 0) is 69.1 Å². The Morgan fingerprint density at radius 1 is 0.769 bits per heavy atom. The van der Waals surface area contributed by atoms with E-state index < -0.39 is 0 Å². The van der Waals surface area contributed by atoms with E-state index in [4.69, 9.17) is 4.74 Å². The highest BCUT2D eigenvalue weighted by atomic mass is 16.5. The van der Waals surface area contributed by atoms with Gasteiger partial charge in [-0.1, -0.05) is 45.8 Å². The normalized spacial score (nSPS) is 37.8. The first kappa shape index (κ1) is 23.4. The second-order valence-electron chi connectivity index (χ2n) is 8.18. The summed E-state index contributed by atoms with van der Waals surface area (Å²) in [5.41, 5.74) is 0. The van der Waals surface area contributed by atoms with Crippen molar-refractivity contribution in [3.8, 4) is 0 Å². The highest BCUT2D eigenvalue weighted by Crippen LogP contribution is 2.36. The van der Waals surface area contributed by atoms with Gasteiger partial charge >= 0.3 is 0 Å². The number of rotatable bonds is 3. The van der Waals surface area contributed by atoms with Gasteiger partial charge in [-0.25, -0.2) is 0 Å². The lowest BCUT2D eigenvalue weighted by Crippen LogP contribution is -2.33. The highest BCUT2D eigenvalue weighted by molar-refractivity contribution is 4.96.